The van der Waals surface area contributed by atoms with Crippen LogP contribution >= 0.6 is 0 Å². The van der Waals surface area contributed by atoms with Crippen LogP contribution in [0, 0.1) is 0 Å². The Bertz CT molecular complexity index is 310. The van der Waals surface area contributed by atoms with Crippen molar-refractivity contribution in [1.82, 2.24) is 20.5 Å². The molecule has 0 aromatic carbocycles. The molecule has 0 bridgehead atoms. The van der Waals surface area contributed by atoms with Crippen LogP contribution in [0.5, 0.6) is 0 Å². The van der Waals surface area contributed by atoms with Crippen LogP contribution in [0.15, 0.2) is 6.20 Å². The Balaban J connectivity index is 2.17. The Kier molecular flexibility index (Phi) is 2.26. The molecule has 2 rings (SSSR count). The van der Waals surface area contributed by atoms with Crippen molar-refractivity contribution in [2.24, 2.45) is 5.73 Å². The van der Waals surface area contributed by atoms with Gasteiger partial charge in [0.25, 0.3) is 0 Å². The summed E-state index contributed by atoms with van der Waals surface area (Å²) < 4.78 is 1.80. The van der Waals surface area contributed by atoms with Gasteiger partial charge in [0.1, 0.15) is 5.69 Å². The zero-order chi connectivity index (χ0) is 10.2. The lowest BCUT2D eigenvalue weighted by atomic mass is 10.0. The van der Waals surface area contributed by atoms with Crippen molar-refractivity contribution in [3.8, 4) is 0 Å². The summed E-state index contributed by atoms with van der Waals surface area (Å²) in [6, 6.07) is 0.221. The molecule has 1 aromatic heterocycles. The minimum atomic E-state index is -0.439. The number of hydroxylamine groups is 1. The van der Waals surface area contributed by atoms with Crippen molar-refractivity contribution >= 4 is 0 Å². The highest BCUT2D eigenvalue weighted by molar-refractivity contribution is 5.06. The Morgan fingerprint density at radius 2 is 2.50 bits per heavy atom. The van der Waals surface area contributed by atoms with Gasteiger partial charge in [-0.2, -0.15) is 0 Å². The van der Waals surface area contributed by atoms with E-state index < -0.39 is 5.54 Å². The van der Waals surface area contributed by atoms with E-state index in [-0.39, 0.29) is 6.04 Å². The summed E-state index contributed by atoms with van der Waals surface area (Å²) in [5, 5.41) is 8.07. The van der Waals surface area contributed by atoms with E-state index in [0.717, 1.165) is 12.2 Å². The molecule has 0 radical (unpaired) electrons. The van der Waals surface area contributed by atoms with Gasteiger partial charge in [-0.15, -0.1) is 5.10 Å². The second-order valence-electron chi connectivity index (χ2n) is 4.12. The average Bonchev–Trinajstić information content (AvgIpc) is 2.73. The van der Waals surface area contributed by atoms with Gasteiger partial charge in [0.2, 0.25) is 0 Å². The molecule has 1 fully saturated rings. The zero-order valence-corrected chi connectivity index (χ0v) is 8.40. The van der Waals surface area contributed by atoms with Crippen molar-refractivity contribution in [2.45, 2.75) is 25.4 Å². The van der Waals surface area contributed by atoms with Gasteiger partial charge in [-0.05, 0) is 13.8 Å². The smallest absolute Gasteiger partial charge is 0.102 e. The molecule has 6 nitrogen and oxygen atoms in total. The lowest BCUT2D eigenvalue weighted by molar-refractivity contribution is 0.0968. The Morgan fingerprint density at radius 1 is 1.71 bits per heavy atom. The number of nitrogens with two attached hydrogens (primary N) is 1. The van der Waals surface area contributed by atoms with E-state index in [9.17, 15) is 0 Å². The van der Waals surface area contributed by atoms with E-state index in [4.69, 9.17) is 10.6 Å². The molecule has 0 spiro atoms. The van der Waals surface area contributed by atoms with Crippen LogP contribution in [0.25, 0.3) is 0 Å². The summed E-state index contributed by atoms with van der Waals surface area (Å²) in [6.45, 7) is 5.19. The first-order chi connectivity index (χ1) is 6.57. The highest BCUT2D eigenvalue weighted by Gasteiger charge is 2.23. The van der Waals surface area contributed by atoms with Crippen LogP contribution in [0.2, 0.25) is 0 Å². The number of rotatable bonds is 2. The third kappa shape index (κ3) is 1.77. The number of nitrogens with zero attached hydrogens (tertiary/aromatic N) is 3. The average molecular weight is 197 g/mol. The second-order valence-corrected chi connectivity index (χ2v) is 4.12. The van der Waals surface area contributed by atoms with Crippen molar-refractivity contribution in [3.05, 3.63) is 11.9 Å². The quantitative estimate of drug-likeness (QED) is 0.671. The summed E-state index contributed by atoms with van der Waals surface area (Å²) in [6.07, 6.45) is 1.88. The monoisotopic (exact) mass is 197 g/mol. The van der Waals surface area contributed by atoms with E-state index in [1.54, 1.807) is 4.68 Å². The Labute approximate surface area is 82.4 Å². The minimum absolute atomic E-state index is 0.221. The molecule has 6 heteroatoms. The molecule has 1 aliphatic heterocycles. The summed E-state index contributed by atoms with van der Waals surface area (Å²) in [5.74, 6) is 0. The molecule has 1 atom stereocenters. The normalized spacial score (nSPS) is 22.9. The predicted octanol–water partition coefficient (Wildman–Crippen LogP) is -0.452. The highest BCUT2D eigenvalue weighted by atomic mass is 16.7. The first-order valence-corrected chi connectivity index (χ1v) is 4.63. The number of aromatic nitrogens is 3. The topological polar surface area (TPSA) is 78.0 Å². The molecule has 0 saturated carbocycles. The number of hydrogen-bond donors (Lipinski definition) is 2. The van der Waals surface area contributed by atoms with E-state index in [0.29, 0.717) is 6.61 Å². The summed E-state index contributed by atoms with van der Waals surface area (Å²) in [5.41, 5.74) is 9.06. The van der Waals surface area contributed by atoms with Gasteiger partial charge < -0.3 is 5.73 Å². The molecule has 0 aliphatic carbocycles. The van der Waals surface area contributed by atoms with Crippen molar-refractivity contribution < 1.29 is 4.84 Å². The Hall–Kier alpha value is -0.980. The first-order valence-electron chi connectivity index (χ1n) is 4.63. The van der Waals surface area contributed by atoms with Crippen LogP contribution in [-0.2, 0) is 10.4 Å². The largest absolute Gasteiger partial charge is 0.320 e. The second kappa shape index (κ2) is 3.30. The maximum Gasteiger partial charge on any atom is 0.102 e. The van der Waals surface area contributed by atoms with Crippen LogP contribution in [-0.4, -0.2) is 28.1 Å². The predicted molar refractivity (Wildman–Crippen MR) is 50.2 cm³/mol. The summed E-state index contributed by atoms with van der Waals surface area (Å²) >= 11 is 0. The van der Waals surface area contributed by atoms with Crippen LogP contribution in [0.1, 0.15) is 25.6 Å². The highest BCUT2D eigenvalue weighted by Crippen LogP contribution is 2.16. The van der Waals surface area contributed by atoms with Gasteiger partial charge in [-0.3, -0.25) is 4.84 Å². The summed E-state index contributed by atoms with van der Waals surface area (Å²) in [4.78, 5) is 5.04. The van der Waals surface area contributed by atoms with Crippen molar-refractivity contribution in [3.63, 3.8) is 0 Å². The lowest BCUT2D eigenvalue weighted by Gasteiger charge is -2.13. The minimum Gasteiger partial charge on any atom is -0.320 e. The maximum absolute atomic E-state index is 5.91. The van der Waals surface area contributed by atoms with Gasteiger partial charge in [-0.1, -0.05) is 5.21 Å². The van der Waals surface area contributed by atoms with Gasteiger partial charge in [0, 0.05) is 6.54 Å². The molecular formula is C8H15N5O. The van der Waals surface area contributed by atoms with Gasteiger partial charge in [-0.25, -0.2) is 10.2 Å². The molecule has 14 heavy (non-hydrogen) atoms. The fourth-order valence-electron chi connectivity index (χ4n) is 1.29. The zero-order valence-electron chi connectivity index (χ0n) is 8.40. The fourth-order valence-corrected chi connectivity index (χ4v) is 1.29. The van der Waals surface area contributed by atoms with Gasteiger partial charge in [0.05, 0.1) is 24.4 Å². The molecule has 78 valence electrons. The third-order valence-electron chi connectivity index (χ3n) is 2.24. The molecule has 1 aliphatic rings. The van der Waals surface area contributed by atoms with E-state index in [2.05, 4.69) is 15.8 Å². The first kappa shape index (κ1) is 9.57. The van der Waals surface area contributed by atoms with Crippen molar-refractivity contribution in [2.75, 3.05) is 13.2 Å². The van der Waals surface area contributed by atoms with Crippen LogP contribution in [0.4, 0.5) is 0 Å². The van der Waals surface area contributed by atoms with Gasteiger partial charge >= 0.3 is 0 Å². The maximum atomic E-state index is 5.91. The summed E-state index contributed by atoms with van der Waals surface area (Å²) in [7, 11) is 0. The van der Waals surface area contributed by atoms with Gasteiger partial charge in [0.15, 0.2) is 0 Å². The lowest BCUT2D eigenvalue weighted by Crippen LogP contribution is -2.29. The molecule has 0 amide bonds. The molecule has 2 heterocycles. The third-order valence-corrected chi connectivity index (χ3v) is 2.24. The van der Waals surface area contributed by atoms with Crippen LogP contribution in [0.3, 0.4) is 0 Å². The SMILES string of the molecule is CC(C)(N)c1cn(C2CNOC2)nn1. The van der Waals surface area contributed by atoms with E-state index in [1.165, 1.54) is 0 Å². The standard InChI is InChI=1S/C8H15N5O/c1-8(2,9)7-4-13(12-11-7)6-3-10-14-5-6/h4,6,10H,3,5,9H2,1-2H3. The van der Waals surface area contributed by atoms with E-state index in [1.807, 2.05) is 20.0 Å². The molecule has 1 saturated heterocycles. The molecule has 1 aromatic rings. The fraction of sp³-hybridized carbons (Fsp3) is 0.750. The molecule has 1 unspecified atom stereocenters. The number of nitrogens with one attached hydrogen (secondary N) is 1. The molecular weight excluding hydrogens is 182 g/mol. The Morgan fingerprint density at radius 3 is 3.00 bits per heavy atom. The van der Waals surface area contributed by atoms with Crippen molar-refractivity contribution in [1.29, 1.82) is 0 Å². The number of hydrogen-bond acceptors (Lipinski definition) is 5. The van der Waals surface area contributed by atoms with Crippen LogP contribution < -0.4 is 11.2 Å². The molecule has 3 N–H and O–H groups in total. The van der Waals surface area contributed by atoms with E-state index >= 15 is 0 Å².